The highest BCUT2D eigenvalue weighted by Crippen LogP contribution is 2.31. The molecule has 4 heterocycles. The fourth-order valence-electron chi connectivity index (χ4n) is 3.66. The highest BCUT2D eigenvalue weighted by Gasteiger charge is 2.42. The lowest BCUT2D eigenvalue weighted by atomic mass is 9.94. The molecule has 2 bridgehead atoms. The van der Waals surface area contributed by atoms with Crippen LogP contribution in [-0.4, -0.2) is 72.5 Å². The van der Waals surface area contributed by atoms with Gasteiger partial charge in [-0.3, -0.25) is 9.59 Å². The average Bonchev–Trinajstić information content (AvgIpc) is 2.77. The van der Waals surface area contributed by atoms with Crippen LogP contribution >= 0.6 is 11.3 Å². The number of hydrogen-bond donors (Lipinski definition) is 1. The lowest BCUT2D eigenvalue weighted by Gasteiger charge is -2.35. The van der Waals surface area contributed by atoms with E-state index in [0.29, 0.717) is 31.1 Å². The molecule has 2 amide bonds. The summed E-state index contributed by atoms with van der Waals surface area (Å²) in [7, 11) is 1.64. The van der Waals surface area contributed by atoms with Crippen molar-refractivity contribution in [2.75, 3.05) is 45.2 Å². The topological polar surface area (TPSA) is 74.8 Å². The van der Waals surface area contributed by atoms with Crippen molar-refractivity contribution in [1.29, 1.82) is 0 Å². The Kier molecular flexibility index (Phi) is 5.58. The van der Waals surface area contributed by atoms with Gasteiger partial charge in [0, 0.05) is 39.3 Å². The molecule has 1 aromatic rings. The summed E-state index contributed by atoms with van der Waals surface area (Å²) in [6.07, 6.45) is 1.81. The minimum absolute atomic E-state index is 0.00237. The first-order valence-corrected chi connectivity index (χ1v) is 9.66. The van der Waals surface area contributed by atoms with Crippen LogP contribution in [0.15, 0.2) is 0 Å². The summed E-state index contributed by atoms with van der Waals surface area (Å²) in [5.41, 5.74) is 0.755. The Hall–Kier alpha value is -1.67. The van der Waals surface area contributed by atoms with Gasteiger partial charge in [0.1, 0.15) is 4.88 Å². The molecule has 1 N–H and O–H groups in total. The molecule has 0 unspecified atom stereocenters. The number of piperidine rings is 1. The van der Waals surface area contributed by atoms with Crippen molar-refractivity contribution in [3.8, 4) is 0 Å². The summed E-state index contributed by atoms with van der Waals surface area (Å²) in [5.74, 6) is 0.0661. The van der Waals surface area contributed by atoms with Gasteiger partial charge < -0.3 is 19.9 Å². The van der Waals surface area contributed by atoms with E-state index >= 15 is 0 Å². The molecule has 0 spiro atoms. The van der Waals surface area contributed by atoms with Gasteiger partial charge in [-0.2, -0.15) is 0 Å². The fraction of sp³-hybridized carbons (Fsp3) is 0.706. The molecule has 3 aliphatic heterocycles. The van der Waals surface area contributed by atoms with Gasteiger partial charge in [0.05, 0.1) is 18.2 Å². The number of methoxy groups -OCH3 is 1. The van der Waals surface area contributed by atoms with Gasteiger partial charge in [0.2, 0.25) is 5.91 Å². The standard InChI is InChI=1S/C17H26N4O3S/c1-4-18-17-19-11(2)14(25-17)16(23)20-9-12-5-6-13(10-20)21(15(12)22)7-8-24-3/h12-13H,4-10H2,1-3H3,(H,18,19)/t12-,13+/m0/s1. The van der Waals surface area contributed by atoms with E-state index in [-0.39, 0.29) is 23.8 Å². The Morgan fingerprint density at radius 2 is 2.20 bits per heavy atom. The maximum absolute atomic E-state index is 13.1. The minimum Gasteiger partial charge on any atom is -0.383 e. The largest absolute Gasteiger partial charge is 0.383 e. The third kappa shape index (κ3) is 3.64. The number of carbonyl (C=O) groups is 2. The number of hydrogen-bond acceptors (Lipinski definition) is 6. The zero-order chi connectivity index (χ0) is 18.0. The Balaban J connectivity index is 1.77. The molecule has 0 aromatic carbocycles. The number of rotatable bonds is 6. The zero-order valence-corrected chi connectivity index (χ0v) is 15.9. The second-order valence-electron chi connectivity index (χ2n) is 6.63. The number of nitrogens with one attached hydrogen (secondary N) is 1. The van der Waals surface area contributed by atoms with Crippen LogP contribution in [-0.2, 0) is 9.53 Å². The molecule has 7 nitrogen and oxygen atoms in total. The molecule has 3 fully saturated rings. The molecule has 3 saturated heterocycles. The van der Waals surface area contributed by atoms with Gasteiger partial charge >= 0.3 is 0 Å². The molecule has 2 atom stereocenters. The maximum atomic E-state index is 13.1. The number of aromatic nitrogens is 1. The minimum atomic E-state index is -0.0963. The molecule has 4 rings (SSSR count). The molecule has 0 saturated carbocycles. The molecule has 3 aliphatic rings. The maximum Gasteiger partial charge on any atom is 0.266 e. The number of amides is 2. The first-order valence-electron chi connectivity index (χ1n) is 8.85. The predicted octanol–water partition coefficient (Wildman–Crippen LogP) is 1.59. The predicted molar refractivity (Wildman–Crippen MR) is 97.0 cm³/mol. The molecular formula is C17H26N4O3S. The number of carbonyl (C=O) groups excluding carboxylic acids is 2. The van der Waals surface area contributed by atoms with Crippen LogP contribution in [0.4, 0.5) is 5.13 Å². The first kappa shape index (κ1) is 18.1. The van der Waals surface area contributed by atoms with E-state index in [2.05, 4.69) is 10.3 Å². The van der Waals surface area contributed by atoms with Crippen molar-refractivity contribution < 1.29 is 14.3 Å². The third-order valence-electron chi connectivity index (χ3n) is 4.94. The van der Waals surface area contributed by atoms with Crippen LogP contribution in [0.5, 0.6) is 0 Å². The molecular weight excluding hydrogens is 340 g/mol. The summed E-state index contributed by atoms with van der Waals surface area (Å²) in [5, 5.41) is 3.94. The van der Waals surface area contributed by atoms with Crippen LogP contribution in [0.1, 0.15) is 35.1 Å². The van der Waals surface area contributed by atoms with Gasteiger partial charge in [0.15, 0.2) is 5.13 Å². The van der Waals surface area contributed by atoms with E-state index in [1.807, 2.05) is 23.6 Å². The van der Waals surface area contributed by atoms with Crippen LogP contribution in [0.2, 0.25) is 0 Å². The summed E-state index contributed by atoms with van der Waals surface area (Å²) < 4.78 is 5.14. The van der Waals surface area contributed by atoms with E-state index in [4.69, 9.17) is 4.74 Å². The molecule has 0 aliphatic carbocycles. The SMILES string of the molecule is CCNc1nc(C)c(C(=O)N2C[C@@H]3CC[C@H](C2)N(CCOC)C3=O)s1. The molecule has 0 radical (unpaired) electrons. The number of thiazole rings is 1. The van der Waals surface area contributed by atoms with Crippen molar-refractivity contribution in [2.45, 2.75) is 32.7 Å². The van der Waals surface area contributed by atoms with Crippen LogP contribution in [0.3, 0.4) is 0 Å². The van der Waals surface area contributed by atoms with Gasteiger partial charge in [-0.25, -0.2) is 4.98 Å². The normalized spacial score (nSPS) is 23.1. The zero-order valence-electron chi connectivity index (χ0n) is 15.1. The smallest absolute Gasteiger partial charge is 0.266 e. The summed E-state index contributed by atoms with van der Waals surface area (Å²) in [4.78, 5) is 34.6. The molecule has 138 valence electrons. The highest BCUT2D eigenvalue weighted by atomic mass is 32.1. The van der Waals surface area contributed by atoms with Gasteiger partial charge in [-0.15, -0.1) is 0 Å². The lowest BCUT2D eigenvalue weighted by Crippen LogP contribution is -2.49. The summed E-state index contributed by atoms with van der Waals surface area (Å²) in [6, 6.07) is 0.0896. The third-order valence-corrected chi connectivity index (χ3v) is 6.04. The Bertz CT molecular complexity index is 648. The molecule has 1 aromatic heterocycles. The highest BCUT2D eigenvalue weighted by molar-refractivity contribution is 7.17. The van der Waals surface area contributed by atoms with Gasteiger partial charge in [-0.05, 0) is 26.7 Å². The van der Waals surface area contributed by atoms with Crippen molar-refractivity contribution in [1.82, 2.24) is 14.8 Å². The lowest BCUT2D eigenvalue weighted by molar-refractivity contribution is -0.140. The Labute approximate surface area is 152 Å². The average molecular weight is 366 g/mol. The first-order chi connectivity index (χ1) is 12.0. The molecule has 8 heteroatoms. The number of nitrogens with zero attached hydrogens (tertiary/aromatic N) is 3. The van der Waals surface area contributed by atoms with E-state index in [1.54, 1.807) is 7.11 Å². The van der Waals surface area contributed by atoms with Gasteiger partial charge in [-0.1, -0.05) is 11.3 Å². The quantitative estimate of drug-likeness (QED) is 0.828. The second-order valence-corrected chi connectivity index (χ2v) is 7.63. The van der Waals surface area contributed by atoms with E-state index in [9.17, 15) is 9.59 Å². The van der Waals surface area contributed by atoms with E-state index in [1.165, 1.54) is 11.3 Å². The van der Waals surface area contributed by atoms with Crippen molar-refractivity contribution in [3.63, 3.8) is 0 Å². The van der Waals surface area contributed by atoms with Crippen molar-refractivity contribution in [2.24, 2.45) is 5.92 Å². The Morgan fingerprint density at radius 1 is 1.40 bits per heavy atom. The van der Waals surface area contributed by atoms with Crippen molar-refractivity contribution >= 4 is 28.3 Å². The second kappa shape index (κ2) is 7.70. The number of aryl methyl sites for hydroxylation is 1. The number of fused-ring (bicyclic) bond motifs is 4. The van der Waals surface area contributed by atoms with Gasteiger partial charge in [0.25, 0.3) is 5.91 Å². The number of ether oxygens (including phenoxy) is 1. The van der Waals surface area contributed by atoms with Crippen LogP contribution in [0.25, 0.3) is 0 Å². The van der Waals surface area contributed by atoms with Crippen LogP contribution in [0, 0.1) is 12.8 Å². The van der Waals surface area contributed by atoms with Crippen LogP contribution < -0.4 is 5.32 Å². The Morgan fingerprint density at radius 3 is 2.92 bits per heavy atom. The number of anilines is 1. The fourth-order valence-corrected chi connectivity index (χ4v) is 4.66. The summed E-state index contributed by atoms with van der Waals surface area (Å²) in [6.45, 7) is 6.88. The van der Waals surface area contributed by atoms with E-state index < -0.39 is 0 Å². The van der Waals surface area contributed by atoms with Crippen molar-refractivity contribution in [3.05, 3.63) is 10.6 Å². The summed E-state index contributed by atoms with van der Waals surface area (Å²) >= 11 is 1.40. The monoisotopic (exact) mass is 366 g/mol. The van der Waals surface area contributed by atoms with E-state index in [0.717, 1.165) is 30.2 Å². The molecule has 25 heavy (non-hydrogen) atoms.